The molecule has 0 spiro atoms. The van der Waals surface area contributed by atoms with Crippen LogP contribution in [0.15, 0.2) is 11.4 Å². The quantitative estimate of drug-likeness (QED) is 0.834. The highest BCUT2D eigenvalue weighted by molar-refractivity contribution is 9.09. The molecule has 0 aromatic carbocycles. The average Bonchev–Trinajstić information content (AvgIpc) is 2.75. The molecular formula is C13H20BrNO2S. The smallest absolute Gasteiger partial charge is 0.261 e. The fourth-order valence-corrected chi connectivity index (χ4v) is 2.82. The van der Waals surface area contributed by atoms with Crippen molar-refractivity contribution < 1.29 is 9.53 Å². The van der Waals surface area contributed by atoms with Crippen LogP contribution in [0.4, 0.5) is 0 Å². The van der Waals surface area contributed by atoms with E-state index in [4.69, 9.17) is 4.74 Å². The molecule has 0 radical (unpaired) electrons. The van der Waals surface area contributed by atoms with Crippen LogP contribution >= 0.6 is 27.3 Å². The number of methoxy groups -OCH3 is 1. The van der Waals surface area contributed by atoms with Crippen LogP contribution < -0.4 is 10.1 Å². The molecule has 1 atom stereocenters. The molecule has 1 amide bonds. The van der Waals surface area contributed by atoms with Crippen molar-refractivity contribution in [3.8, 4) is 5.75 Å². The highest BCUT2D eigenvalue weighted by atomic mass is 79.9. The van der Waals surface area contributed by atoms with E-state index in [0.717, 1.165) is 17.5 Å². The first-order chi connectivity index (χ1) is 8.38. The Bertz CT molecular complexity index is 398. The van der Waals surface area contributed by atoms with E-state index in [9.17, 15) is 4.79 Å². The van der Waals surface area contributed by atoms with Gasteiger partial charge in [-0.1, -0.05) is 36.7 Å². The second-order valence-corrected chi connectivity index (χ2v) is 6.92. The molecule has 102 valence electrons. The third kappa shape index (κ3) is 4.28. The summed E-state index contributed by atoms with van der Waals surface area (Å²) in [6.07, 6.45) is 0.914. The van der Waals surface area contributed by atoms with Crippen molar-refractivity contribution in [1.82, 2.24) is 5.32 Å². The topological polar surface area (TPSA) is 38.3 Å². The molecule has 1 unspecified atom stereocenters. The Kier molecular flexibility index (Phi) is 5.66. The Morgan fingerprint density at radius 1 is 1.56 bits per heavy atom. The van der Waals surface area contributed by atoms with E-state index in [2.05, 4.69) is 42.0 Å². The lowest BCUT2D eigenvalue weighted by Crippen LogP contribution is -2.43. The molecule has 1 rings (SSSR count). The number of carbonyl (C=O) groups excluding carboxylic acids is 1. The van der Waals surface area contributed by atoms with Gasteiger partial charge in [0, 0.05) is 22.8 Å². The number of thiophene rings is 1. The number of ether oxygens (including phenoxy) is 1. The number of halogens is 1. The van der Waals surface area contributed by atoms with E-state index in [1.807, 2.05) is 5.38 Å². The zero-order chi connectivity index (χ0) is 13.8. The van der Waals surface area contributed by atoms with Crippen molar-refractivity contribution in [3.63, 3.8) is 0 Å². The highest BCUT2D eigenvalue weighted by Gasteiger charge is 2.26. The van der Waals surface area contributed by atoms with Crippen LogP contribution in [-0.2, 0) is 0 Å². The highest BCUT2D eigenvalue weighted by Crippen LogP contribution is 2.25. The van der Waals surface area contributed by atoms with Crippen molar-refractivity contribution in [2.45, 2.75) is 33.2 Å². The van der Waals surface area contributed by atoms with Crippen LogP contribution in [0, 0.1) is 5.41 Å². The van der Waals surface area contributed by atoms with Crippen LogP contribution in [0.3, 0.4) is 0 Å². The number of hydrogen-bond acceptors (Lipinski definition) is 3. The van der Waals surface area contributed by atoms with E-state index in [1.165, 1.54) is 11.3 Å². The fraction of sp³-hybridized carbons (Fsp3) is 0.615. The zero-order valence-electron chi connectivity index (χ0n) is 11.2. The first-order valence-corrected chi connectivity index (χ1v) is 7.88. The summed E-state index contributed by atoms with van der Waals surface area (Å²) in [6.45, 7) is 6.40. The second-order valence-electron chi connectivity index (χ2n) is 5.22. The number of hydrogen-bond donors (Lipinski definition) is 1. The van der Waals surface area contributed by atoms with E-state index < -0.39 is 0 Å². The predicted octanol–water partition coefficient (Wildman–Crippen LogP) is 3.69. The maximum absolute atomic E-state index is 12.1. The van der Waals surface area contributed by atoms with Gasteiger partial charge in [-0.05, 0) is 11.8 Å². The maximum atomic E-state index is 12.1. The minimum Gasteiger partial charge on any atom is -0.496 e. The molecule has 1 N–H and O–H groups in total. The SMILES string of the molecule is COc1csc(C(=O)NC(CCBr)C(C)(C)C)c1. The summed E-state index contributed by atoms with van der Waals surface area (Å²) in [6, 6.07) is 1.92. The van der Waals surface area contributed by atoms with Crippen LogP contribution in [-0.4, -0.2) is 24.4 Å². The third-order valence-corrected chi connectivity index (χ3v) is 4.15. The Morgan fingerprint density at radius 3 is 2.67 bits per heavy atom. The summed E-state index contributed by atoms with van der Waals surface area (Å²) in [7, 11) is 1.60. The van der Waals surface area contributed by atoms with Gasteiger partial charge >= 0.3 is 0 Å². The normalized spacial score (nSPS) is 13.2. The van der Waals surface area contributed by atoms with Gasteiger partial charge in [0.25, 0.3) is 5.91 Å². The van der Waals surface area contributed by atoms with Crippen LogP contribution in [0.1, 0.15) is 36.9 Å². The van der Waals surface area contributed by atoms with Gasteiger partial charge in [-0.15, -0.1) is 11.3 Å². The molecule has 0 saturated heterocycles. The summed E-state index contributed by atoms with van der Waals surface area (Å²) < 4.78 is 5.09. The first kappa shape index (κ1) is 15.5. The second kappa shape index (κ2) is 6.57. The lowest BCUT2D eigenvalue weighted by atomic mass is 9.85. The molecule has 5 heteroatoms. The largest absolute Gasteiger partial charge is 0.496 e. The van der Waals surface area contributed by atoms with Crippen LogP contribution in [0.5, 0.6) is 5.75 Å². The summed E-state index contributed by atoms with van der Waals surface area (Å²) >= 11 is 4.84. The predicted molar refractivity (Wildman–Crippen MR) is 80.0 cm³/mol. The molecule has 1 heterocycles. The van der Waals surface area contributed by atoms with Gasteiger partial charge in [0.1, 0.15) is 5.75 Å². The molecule has 1 aromatic heterocycles. The van der Waals surface area contributed by atoms with Crippen molar-refractivity contribution >= 4 is 33.2 Å². The molecule has 0 aliphatic rings. The molecule has 0 fully saturated rings. The Morgan fingerprint density at radius 2 is 2.22 bits per heavy atom. The molecular weight excluding hydrogens is 314 g/mol. The van der Waals surface area contributed by atoms with Crippen molar-refractivity contribution in [1.29, 1.82) is 0 Å². The van der Waals surface area contributed by atoms with E-state index in [-0.39, 0.29) is 17.4 Å². The summed E-state index contributed by atoms with van der Waals surface area (Å²) in [4.78, 5) is 12.8. The average molecular weight is 334 g/mol. The lowest BCUT2D eigenvalue weighted by Gasteiger charge is -2.31. The zero-order valence-corrected chi connectivity index (χ0v) is 13.7. The first-order valence-electron chi connectivity index (χ1n) is 5.88. The third-order valence-electron chi connectivity index (χ3n) is 2.78. The minimum absolute atomic E-state index is 0.0239. The van der Waals surface area contributed by atoms with E-state index in [0.29, 0.717) is 4.88 Å². The molecule has 18 heavy (non-hydrogen) atoms. The van der Waals surface area contributed by atoms with Gasteiger partial charge in [0.2, 0.25) is 0 Å². The monoisotopic (exact) mass is 333 g/mol. The van der Waals surface area contributed by atoms with E-state index in [1.54, 1.807) is 13.2 Å². The van der Waals surface area contributed by atoms with Gasteiger partial charge in [-0.2, -0.15) is 0 Å². The summed E-state index contributed by atoms with van der Waals surface area (Å²) in [5.74, 6) is 0.710. The van der Waals surface area contributed by atoms with Gasteiger partial charge in [-0.3, -0.25) is 4.79 Å². The Labute approximate surface area is 121 Å². The van der Waals surface area contributed by atoms with Crippen molar-refractivity contribution in [3.05, 3.63) is 16.3 Å². The molecule has 0 saturated carbocycles. The van der Waals surface area contributed by atoms with E-state index >= 15 is 0 Å². The van der Waals surface area contributed by atoms with Gasteiger partial charge in [0.15, 0.2) is 0 Å². The minimum atomic E-state index is -0.0239. The number of alkyl halides is 1. The van der Waals surface area contributed by atoms with Crippen molar-refractivity contribution in [2.24, 2.45) is 5.41 Å². The number of amides is 1. The fourth-order valence-electron chi connectivity index (χ4n) is 1.61. The Hall–Kier alpha value is -0.550. The molecule has 0 aliphatic carbocycles. The van der Waals surface area contributed by atoms with Crippen LogP contribution in [0.25, 0.3) is 0 Å². The van der Waals surface area contributed by atoms with Gasteiger partial charge < -0.3 is 10.1 Å². The summed E-state index contributed by atoms with van der Waals surface area (Å²) in [5.41, 5.74) is 0.0464. The van der Waals surface area contributed by atoms with Gasteiger partial charge in [-0.25, -0.2) is 0 Å². The molecule has 0 bridgehead atoms. The molecule has 1 aromatic rings. The number of rotatable bonds is 5. The van der Waals surface area contributed by atoms with Crippen molar-refractivity contribution in [2.75, 3.05) is 12.4 Å². The van der Waals surface area contributed by atoms with Crippen LogP contribution in [0.2, 0.25) is 0 Å². The standard InChI is InChI=1S/C13H20BrNO2S/c1-13(2,3)11(5-6-14)15-12(16)10-7-9(17-4)8-18-10/h7-8,11H,5-6H2,1-4H3,(H,15,16). The Balaban J connectivity index is 2.72. The maximum Gasteiger partial charge on any atom is 0.261 e. The number of nitrogens with one attached hydrogen (secondary N) is 1. The van der Waals surface area contributed by atoms with Gasteiger partial charge in [0.05, 0.1) is 12.0 Å². The molecule has 0 aliphatic heterocycles. The molecule has 3 nitrogen and oxygen atoms in total. The number of carbonyl (C=O) groups is 1. The lowest BCUT2D eigenvalue weighted by molar-refractivity contribution is 0.0904. The summed E-state index contributed by atoms with van der Waals surface area (Å²) in [5, 5.41) is 5.81.